The zero-order chi connectivity index (χ0) is 23.0. The van der Waals surface area contributed by atoms with Crippen LogP contribution in [0.1, 0.15) is 13.3 Å². The Bertz CT molecular complexity index is 584. The predicted octanol–water partition coefficient (Wildman–Crippen LogP) is -5.28. The minimum atomic E-state index is -1.69. The van der Waals surface area contributed by atoms with Crippen LogP contribution in [0.3, 0.4) is 0 Å². The van der Waals surface area contributed by atoms with Crippen molar-refractivity contribution in [2.24, 2.45) is 11.7 Å². The molecule has 13 nitrogen and oxygen atoms in total. The molecule has 14 atom stereocenters. The maximum atomic E-state index is 10.6. The molecule has 3 aliphatic rings. The van der Waals surface area contributed by atoms with Gasteiger partial charge >= 0.3 is 0 Å². The van der Waals surface area contributed by atoms with Gasteiger partial charge in [0.1, 0.15) is 42.7 Å². The molecule has 2 saturated heterocycles. The number of aliphatic hydroxyl groups excluding tert-OH is 8. The molecule has 10 N–H and O–H groups in total. The summed E-state index contributed by atoms with van der Waals surface area (Å²) in [6, 6.07) is -0.533. The quantitative estimate of drug-likeness (QED) is 0.183. The molecule has 1 saturated carbocycles. The fourth-order valence-corrected chi connectivity index (χ4v) is 4.32. The third-order valence-corrected chi connectivity index (χ3v) is 6.29. The average molecular weight is 455 g/mol. The van der Waals surface area contributed by atoms with E-state index in [0.717, 1.165) is 0 Å². The molecular formula is C18H33NO12. The average Bonchev–Trinajstić information content (AvgIpc) is 3.01. The second kappa shape index (κ2) is 10.2. The van der Waals surface area contributed by atoms with E-state index in [2.05, 4.69) is 0 Å². The van der Waals surface area contributed by atoms with E-state index in [1.54, 1.807) is 0 Å². The Labute approximate surface area is 178 Å². The smallest absolute Gasteiger partial charge is 0.187 e. The van der Waals surface area contributed by atoms with Crippen molar-refractivity contribution in [3.05, 3.63) is 0 Å². The molecule has 1 aliphatic carbocycles. The van der Waals surface area contributed by atoms with Crippen molar-refractivity contribution in [2.75, 3.05) is 13.2 Å². The van der Waals surface area contributed by atoms with Gasteiger partial charge in [-0.25, -0.2) is 0 Å². The van der Waals surface area contributed by atoms with Crippen molar-refractivity contribution in [3.8, 4) is 0 Å². The van der Waals surface area contributed by atoms with Gasteiger partial charge in [-0.15, -0.1) is 0 Å². The fourth-order valence-electron chi connectivity index (χ4n) is 4.32. The Morgan fingerprint density at radius 1 is 0.774 bits per heavy atom. The van der Waals surface area contributed by atoms with E-state index in [1.807, 2.05) is 0 Å². The summed E-state index contributed by atoms with van der Waals surface area (Å²) in [5.41, 5.74) is 5.87. The largest absolute Gasteiger partial charge is 0.396 e. The molecule has 0 bridgehead atoms. The first-order valence-corrected chi connectivity index (χ1v) is 10.3. The lowest BCUT2D eigenvalue weighted by atomic mass is 9.97. The highest BCUT2D eigenvalue weighted by molar-refractivity contribution is 4.97. The van der Waals surface area contributed by atoms with Crippen molar-refractivity contribution in [3.63, 3.8) is 0 Å². The van der Waals surface area contributed by atoms with E-state index in [0.29, 0.717) is 0 Å². The highest BCUT2D eigenvalue weighted by atomic mass is 16.7. The summed E-state index contributed by atoms with van der Waals surface area (Å²) in [7, 11) is 0. The molecule has 2 heterocycles. The molecular weight excluding hydrogens is 422 g/mol. The minimum Gasteiger partial charge on any atom is -0.396 e. The van der Waals surface area contributed by atoms with Gasteiger partial charge in [0.15, 0.2) is 12.6 Å². The van der Waals surface area contributed by atoms with E-state index in [9.17, 15) is 40.9 Å². The molecule has 0 aromatic rings. The van der Waals surface area contributed by atoms with Crippen LogP contribution >= 0.6 is 0 Å². The molecule has 0 aromatic heterocycles. The van der Waals surface area contributed by atoms with Crippen molar-refractivity contribution in [1.29, 1.82) is 0 Å². The lowest BCUT2D eigenvalue weighted by Crippen LogP contribution is -2.64. The molecule has 0 spiro atoms. The Morgan fingerprint density at radius 2 is 1.35 bits per heavy atom. The summed E-state index contributed by atoms with van der Waals surface area (Å²) in [6.07, 6.45) is -16.3. The first kappa shape index (κ1) is 25.1. The van der Waals surface area contributed by atoms with Gasteiger partial charge in [-0.3, -0.25) is 0 Å². The Morgan fingerprint density at radius 3 is 1.97 bits per heavy atom. The van der Waals surface area contributed by atoms with Crippen molar-refractivity contribution in [2.45, 2.75) is 93.0 Å². The van der Waals surface area contributed by atoms with Gasteiger partial charge in [-0.05, 0) is 13.3 Å². The van der Waals surface area contributed by atoms with E-state index in [1.165, 1.54) is 6.92 Å². The molecule has 182 valence electrons. The van der Waals surface area contributed by atoms with Crippen LogP contribution in [-0.4, -0.2) is 134 Å². The van der Waals surface area contributed by atoms with E-state index in [-0.39, 0.29) is 13.0 Å². The highest BCUT2D eigenvalue weighted by Crippen LogP contribution is 2.33. The number of hydrogen-bond acceptors (Lipinski definition) is 13. The second-order valence-corrected chi connectivity index (χ2v) is 8.40. The van der Waals surface area contributed by atoms with Crippen LogP contribution in [0.4, 0.5) is 0 Å². The number of nitrogens with two attached hydrogens (primary N) is 1. The van der Waals surface area contributed by atoms with Gasteiger partial charge < -0.3 is 65.5 Å². The van der Waals surface area contributed by atoms with Crippen molar-refractivity contribution in [1.82, 2.24) is 0 Å². The van der Waals surface area contributed by atoms with E-state index < -0.39 is 92.2 Å². The van der Waals surface area contributed by atoms with Crippen LogP contribution in [0.25, 0.3) is 0 Å². The number of hydrogen-bond donors (Lipinski definition) is 9. The number of aliphatic hydroxyl groups is 8. The highest BCUT2D eigenvalue weighted by Gasteiger charge is 2.52. The zero-order valence-corrected chi connectivity index (χ0v) is 17.0. The van der Waals surface area contributed by atoms with Crippen LogP contribution in [0.5, 0.6) is 0 Å². The first-order valence-electron chi connectivity index (χ1n) is 10.3. The zero-order valence-electron chi connectivity index (χ0n) is 17.0. The molecule has 2 aliphatic heterocycles. The number of rotatable bonds is 6. The summed E-state index contributed by atoms with van der Waals surface area (Å²) < 4.78 is 22.0. The SMILES string of the molecule is C[C@H]1O[C@@H](O[C@H]2[C@H](O)[C@@H](O)[C@@H](OC3[C@H](O)C[C@H](N)[C@H]3CO)O[C@@H]2CO)[C@H](O)[C@@H](O)[C@@H]1O. The van der Waals surface area contributed by atoms with Crippen LogP contribution in [0.15, 0.2) is 0 Å². The fraction of sp³-hybridized carbons (Fsp3) is 1.00. The Balaban J connectivity index is 1.69. The summed E-state index contributed by atoms with van der Waals surface area (Å²) in [4.78, 5) is 0. The summed E-state index contributed by atoms with van der Waals surface area (Å²) in [5, 5.41) is 80.3. The first-order chi connectivity index (χ1) is 14.6. The lowest BCUT2D eigenvalue weighted by Gasteiger charge is -2.46. The summed E-state index contributed by atoms with van der Waals surface area (Å²) >= 11 is 0. The summed E-state index contributed by atoms with van der Waals surface area (Å²) in [6.45, 7) is 0.405. The normalized spacial score (nSPS) is 53.6. The van der Waals surface area contributed by atoms with E-state index >= 15 is 0 Å². The molecule has 0 amide bonds. The van der Waals surface area contributed by atoms with E-state index in [4.69, 9.17) is 24.7 Å². The van der Waals surface area contributed by atoms with Crippen molar-refractivity contribution < 1.29 is 59.8 Å². The van der Waals surface area contributed by atoms with Gasteiger partial charge in [-0.1, -0.05) is 0 Å². The molecule has 31 heavy (non-hydrogen) atoms. The van der Waals surface area contributed by atoms with Crippen LogP contribution < -0.4 is 5.73 Å². The Hall–Kier alpha value is -0.520. The molecule has 13 heteroatoms. The monoisotopic (exact) mass is 455 g/mol. The lowest BCUT2D eigenvalue weighted by molar-refractivity contribution is -0.362. The van der Waals surface area contributed by atoms with Gasteiger partial charge in [0, 0.05) is 18.6 Å². The second-order valence-electron chi connectivity index (χ2n) is 8.40. The Kier molecular flexibility index (Phi) is 8.24. The minimum absolute atomic E-state index is 0.166. The molecule has 3 rings (SSSR count). The summed E-state index contributed by atoms with van der Waals surface area (Å²) in [5.74, 6) is -0.621. The van der Waals surface area contributed by atoms with Crippen molar-refractivity contribution >= 4 is 0 Å². The maximum absolute atomic E-state index is 10.6. The number of ether oxygens (including phenoxy) is 4. The maximum Gasteiger partial charge on any atom is 0.187 e. The molecule has 1 unspecified atom stereocenters. The standard InChI is InChI=1S/C18H33NO12/c1-5-10(23)11(24)13(26)17(28-5)31-16-9(4-21)29-18(14(27)12(16)25)30-15-6(3-20)7(19)2-8(15)22/h5-18,20-27H,2-4,19H2,1H3/t5-,6-,7+,8-,9-,10-,11+,12-,13-,14-,15?,16-,17+,18-/m1/s1. The third-order valence-electron chi connectivity index (χ3n) is 6.29. The van der Waals surface area contributed by atoms with Gasteiger partial charge in [-0.2, -0.15) is 0 Å². The van der Waals surface area contributed by atoms with Crippen LogP contribution in [0, 0.1) is 5.92 Å². The third kappa shape index (κ3) is 4.89. The predicted molar refractivity (Wildman–Crippen MR) is 99.0 cm³/mol. The van der Waals surface area contributed by atoms with Gasteiger partial charge in [0.25, 0.3) is 0 Å². The van der Waals surface area contributed by atoms with Gasteiger partial charge in [0.05, 0.1) is 24.9 Å². The molecule has 0 aromatic carbocycles. The molecule has 0 radical (unpaired) electrons. The van der Waals surface area contributed by atoms with Gasteiger partial charge in [0.2, 0.25) is 0 Å². The molecule has 3 fully saturated rings. The van der Waals surface area contributed by atoms with Crippen LogP contribution in [-0.2, 0) is 18.9 Å². The van der Waals surface area contributed by atoms with Crippen LogP contribution in [0.2, 0.25) is 0 Å². The topological polar surface area (TPSA) is 225 Å².